The van der Waals surface area contributed by atoms with Crippen molar-refractivity contribution in [1.82, 2.24) is 4.90 Å². The summed E-state index contributed by atoms with van der Waals surface area (Å²) < 4.78 is 25.8. The largest absolute Gasteiger partial charge is 0.366 e. The van der Waals surface area contributed by atoms with Crippen molar-refractivity contribution >= 4 is 26.7 Å². The van der Waals surface area contributed by atoms with Crippen LogP contribution in [0.2, 0.25) is 5.02 Å². The first-order valence-corrected chi connectivity index (χ1v) is 10.5. The first kappa shape index (κ1) is 28.0. The fourth-order valence-electron chi connectivity index (χ4n) is 2.33. The van der Waals surface area contributed by atoms with Gasteiger partial charge in [0.2, 0.25) is 0 Å². The standard InChI is InChI=1S/C9H8F2NP.C8H9Cl.C6H14N2/c1-6-2-3-7(5-12)8(4-6)9(10,11)13;1-2-7-5-3-4-6-8(7)9;1-5(2)6(7)8(3)4/h2-4H,13H2,1H3;3-6H,2H2,1H3;5,7H,1-4H3. The zero-order chi connectivity index (χ0) is 23.5. The van der Waals surface area contributed by atoms with Crippen LogP contribution in [0.5, 0.6) is 0 Å². The Bertz CT molecular complexity index is 846. The molecular weight excluding hydrogens is 423 g/mol. The van der Waals surface area contributed by atoms with Crippen LogP contribution in [0.4, 0.5) is 8.78 Å². The number of halogens is 3. The van der Waals surface area contributed by atoms with Crippen LogP contribution in [0, 0.1) is 29.6 Å². The third kappa shape index (κ3) is 10.1. The van der Waals surface area contributed by atoms with Gasteiger partial charge in [-0.2, -0.15) is 14.0 Å². The van der Waals surface area contributed by atoms with Crippen LogP contribution >= 0.6 is 20.8 Å². The Morgan fingerprint density at radius 3 is 2.13 bits per heavy atom. The molecule has 1 atom stereocenters. The molecule has 164 valence electrons. The number of rotatable bonds is 3. The number of nitrogens with one attached hydrogen (secondary N) is 1. The van der Waals surface area contributed by atoms with Crippen molar-refractivity contribution in [2.45, 2.75) is 39.8 Å². The Hall–Kier alpha value is -2.02. The van der Waals surface area contributed by atoms with Crippen LogP contribution in [0.3, 0.4) is 0 Å². The van der Waals surface area contributed by atoms with Gasteiger partial charge in [0.1, 0.15) is 0 Å². The lowest BCUT2D eigenvalue weighted by Crippen LogP contribution is -2.25. The van der Waals surface area contributed by atoms with Gasteiger partial charge in [0, 0.05) is 30.6 Å². The van der Waals surface area contributed by atoms with Gasteiger partial charge in [0.05, 0.1) is 17.5 Å². The van der Waals surface area contributed by atoms with Gasteiger partial charge in [0.25, 0.3) is 5.66 Å². The first-order valence-electron chi connectivity index (χ1n) is 9.52. The molecule has 1 N–H and O–H groups in total. The normalized spacial score (nSPS) is 10.2. The third-order valence-electron chi connectivity index (χ3n) is 4.02. The SMILES string of the molecule is CC(C)C(=N)N(C)C.CCc1ccccc1Cl.Cc1ccc(C#N)c(C(F)(F)P)c1. The van der Waals surface area contributed by atoms with E-state index in [1.54, 1.807) is 19.1 Å². The molecule has 0 spiro atoms. The van der Waals surface area contributed by atoms with Gasteiger partial charge in [-0.25, -0.2) is 0 Å². The fourth-order valence-corrected chi connectivity index (χ4v) is 2.84. The average molecular weight is 454 g/mol. The maximum atomic E-state index is 12.9. The van der Waals surface area contributed by atoms with Crippen LogP contribution in [0.1, 0.15) is 43.0 Å². The third-order valence-corrected chi connectivity index (χ3v) is 4.70. The van der Waals surface area contributed by atoms with Crippen LogP contribution in [0.25, 0.3) is 0 Å². The van der Waals surface area contributed by atoms with Gasteiger partial charge < -0.3 is 4.90 Å². The van der Waals surface area contributed by atoms with E-state index in [1.807, 2.05) is 57.1 Å². The highest BCUT2D eigenvalue weighted by Gasteiger charge is 2.27. The summed E-state index contributed by atoms with van der Waals surface area (Å²) in [6, 6.07) is 14.0. The molecule has 0 aliphatic carbocycles. The van der Waals surface area contributed by atoms with Gasteiger partial charge >= 0.3 is 0 Å². The summed E-state index contributed by atoms with van der Waals surface area (Å²) in [7, 11) is 5.21. The second-order valence-electron chi connectivity index (χ2n) is 7.16. The lowest BCUT2D eigenvalue weighted by molar-refractivity contribution is 0.103. The summed E-state index contributed by atoms with van der Waals surface area (Å²) in [6.07, 6.45) is 1.01. The van der Waals surface area contributed by atoms with Crippen molar-refractivity contribution in [3.8, 4) is 6.07 Å². The summed E-state index contributed by atoms with van der Waals surface area (Å²) in [5, 5.41) is 16.8. The molecule has 1 unspecified atom stereocenters. The van der Waals surface area contributed by atoms with Crippen molar-refractivity contribution in [3.05, 3.63) is 69.7 Å². The summed E-state index contributed by atoms with van der Waals surface area (Å²) in [5.74, 6) is 1.04. The Kier molecular flexibility index (Phi) is 12.4. The van der Waals surface area contributed by atoms with E-state index in [0.717, 1.165) is 17.0 Å². The lowest BCUT2D eigenvalue weighted by atomic mass is 10.1. The van der Waals surface area contributed by atoms with Crippen molar-refractivity contribution < 1.29 is 8.78 Å². The van der Waals surface area contributed by atoms with Gasteiger partial charge in [-0.1, -0.05) is 71.4 Å². The molecule has 7 heteroatoms. The summed E-state index contributed by atoms with van der Waals surface area (Å²) in [6.45, 7) is 7.84. The van der Waals surface area contributed by atoms with Crippen molar-refractivity contribution in [2.75, 3.05) is 14.1 Å². The molecule has 0 bridgehead atoms. The smallest absolute Gasteiger partial charge is 0.285 e. The minimum absolute atomic E-state index is 0.0191. The predicted molar refractivity (Wildman–Crippen MR) is 127 cm³/mol. The molecule has 30 heavy (non-hydrogen) atoms. The second kappa shape index (κ2) is 13.3. The van der Waals surface area contributed by atoms with Gasteiger partial charge in [0.15, 0.2) is 0 Å². The maximum absolute atomic E-state index is 12.9. The molecule has 0 amide bonds. The highest BCUT2D eigenvalue weighted by Crippen LogP contribution is 2.37. The molecular formula is C23H31ClF2N3P. The number of aryl methyl sites for hydroxylation is 2. The topological polar surface area (TPSA) is 50.9 Å². The molecule has 0 aromatic heterocycles. The molecule has 0 fully saturated rings. The van der Waals surface area contributed by atoms with Crippen molar-refractivity contribution in [2.24, 2.45) is 5.92 Å². The Labute approximate surface area is 186 Å². The Balaban J connectivity index is 0.000000438. The molecule has 0 radical (unpaired) electrons. The summed E-state index contributed by atoms with van der Waals surface area (Å²) in [5.41, 5.74) is -1.31. The molecule has 0 heterocycles. The van der Waals surface area contributed by atoms with Gasteiger partial charge in [-0.05, 0) is 37.1 Å². The predicted octanol–water partition coefficient (Wildman–Crippen LogP) is 6.87. The minimum atomic E-state index is -3.03. The number of hydrogen-bond donors (Lipinski definition) is 1. The molecule has 0 saturated heterocycles. The van der Waals surface area contributed by atoms with E-state index < -0.39 is 5.66 Å². The number of hydrogen-bond acceptors (Lipinski definition) is 2. The Morgan fingerprint density at radius 1 is 1.23 bits per heavy atom. The quantitative estimate of drug-likeness (QED) is 0.313. The molecule has 0 saturated carbocycles. The first-order chi connectivity index (χ1) is 13.8. The highest BCUT2D eigenvalue weighted by atomic mass is 35.5. The lowest BCUT2D eigenvalue weighted by Gasteiger charge is -2.15. The molecule has 2 rings (SSSR count). The number of amidine groups is 1. The molecule has 2 aromatic rings. The maximum Gasteiger partial charge on any atom is 0.285 e. The van der Waals surface area contributed by atoms with Crippen LogP contribution < -0.4 is 0 Å². The monoisotopic (exact) mass is 453 g/mol. The van der Waals surface area contributed by atoms with E-state index in [1.165, 1.54) is 26.9 Å². The van der Waals surface area contributed by atoms with E-state index in [9.17, 15) is 8.78 Å². The van der Waals surface area contributed by atoms with Gasteiger partial charge in [-0.15, -0.1) is 0 Å². The summed E-state index contributed by atoms with van der Waals surface area (Å²) in [4.78, 5) is 1.82. The van der Waals surface area contributed by atoms with E-state index in [0.29, 0.717) is 11.8 Å². The van der Waals surface area contributed by atoms with Crippen molar-refractivity contribution in [1.29, 1.82) is 10.7 Å². The minimum Gasteiger partial charge on any atom is -0.366 e. The Morgan fingerprint density at radius 2 is 1.80 bits per heavy atom. The van der Waals surface area contributed by atoms with Crippen molar-refractivity contribution in [3.63, 3.8) is 0 Å². The molecule has 0 aliphatic heterocycles. The summed E-state index contributed by atoms with van der Waals surface area (Å²) >= 11 is 5.82. The zero-order valence-corrected chi connectivity index (χ0v) is 20.3. The number of benzene rings is 2. The number of alkyl halides is 2. The molecule has 2 aromatic carbocycles. The van der Waals surface area contributed by atoms with Crippen LogP contribution in [-0.4, -0.2) is 24.8 Å². The molecule has 0 aliphatic rings. The fraction of sp³-hybridized carbons (Fsp3) is 0.391. The second-order valence-corrected chi connectivity index (χ2v) is 8.30. The van der Waals surface area contributed by atoms with Gasteiger partial charge in [-0.3, -0.25) is 5.41 Å². The van der Waals surface area contributed by atoms with E-state index in [4.69, 9.17) is 22.3 Å². The number of nitriles is 1. The van der Waals surface area contributed by atoms with E-state index in [-0.39, 0.29) is 11.1 Å². The molecule has 3 nitrogen and oxygen atoms in total. The van der Waals surface area contributed by atoms with E-state index in [2.05, 4.69) is 6.92 Å². The van der Waals surface area contributed by atoms with E-state index >= 15 is 0 Å². The highest BCUT2D eigenvalue weighted by molar-refractivity contribution is 7.17. The van der Waals surface area contributed by atoms with Crippen LogP contribution in [-0.2, 0) is 12.1 Å². The number of nitrogens with zero attached hydrogens (tertiary/aromatic N) is 2. The van der Waals surface area contributed by atoms with Crippen LogP contribution in [0.15, 0.2) is 42.5 Å². The average Bonchev–Trinajstić information content (AvgIpc) is 2.68. The zero-order valence-electron chi connectivity index (χ0n) is 18.4.